The maximum Gasteiger partial charge on any atom is 0.317 e. The topological polar surface area (TPSA) is 64.6 Å². The van der Waals surface area contributed by atoms with E-state index in [0.29, 0.717) is 12.3 Å². The smallest absolute Gasteiger partial charge is 0.317 e. The average molecular weight is 359 g/mol. The number of rotatable bonds is 8. The van der Waals surface area contributed by atoms with Gasteiger partial charge in [0.1, 0.15) is 5.75 Å². The lowest BCUT2D eigenvalue weighted by molar-refractivity contribution is -0.150. The first-order chi connectivity index (χ1) is 12.1. The molecule has 132 valence electrons. The third-order valence-electron chi connectivity index (χ3n) is 3.21. The highest BCUT2D eigenvalue weighted by atomic mass is 32.2. The van der Waals surface area contributed by atoms with E-state index in [2.05, 4.69) is 5.32 Å². The molecule has 0 aliphatic rings. The maximum atomic E-state index is 12.1. The number of ether oxygens (including phenoxy) is 2. The molecule has 1 atom stereocenters. The Morgan fingerprint density at radius 3 is 2.40 bits per heavy atom. The first-order valence-electron chi connectivity index (χ1n) is 7.99. The van der Waals surface area contributed by atoms with E-state index in [-0.39, 0.29) is 11.7 Å². The number of thioether (sulfide) groups is 1. The maximum absolute atomic E-state index is 12.1. The van der Waals surface area contributed by atoms with E-state index < -0.39 is 12.1 Å². The second-order valence-electron chi connectivity index (χ2n) is 5.18. The van der Waals surface area contributed by atoms with E-state index in [1.54, 1.807) is 31.2 Å². The molecule has 1 amide bonds. The first-order valence-corrected chi connectivity index (χ1v) is 8.98. The number of hydrogen-bond donors (Lipinski definition) is 1. The summed E-state index contributed by atoms with van der Waals surface area (Å²) in [7, 11) is 0. The standard InChI is InChI=1S/C19H21NO4S/c1-3-23-16-11-9-15(10-12-16)20-19(22)14(2)24-18(21)13-25-17-7-5-4-6-8-17/h4-12,14H,3,13H2,1-2H3,(H,20,22)/t14-/m0/s1. The van der Waals surface area contributed by atoms with Gasteiger partial charge in [0.05, 0.1) is 12.4 Å². The van der Waals surface area contributed by atoms with Crippen LogP contribution in [0, 0.1) is 0 Å². The van der Waals surface area contributed by atoms with E-state index >= 15 is 0 Å². The van der Waals surface area contributed by atoms with Crippen molar-refractivity contribution in [2.75, 3.05) is 17.7 Å². The summed E-state index contributed by atoms with van der Waals surface area (Å²) in [5, 5.41) is 2.71. The van der Waals surface area contributed by atoms with Gasteiger partial charge >= 0.3 is 5.97 Å². The summed E-state index contributed by atoms with van der Waals surface area (Å²) in [5.41, 5.74) is 0.620. The number of esters is 1. The number of anilines is 1. The Balaban J connectivity index is 1.78. The predicted octanol–water partition coefficient (Wildman–Crippen LogP) is 3.75. The van der Waals surface area contributed by atoms with Crippen molar-refractivity contribution in [2.24, 2.45) is 0 Å². The molecule has 0 aliphatic heterocycles. The summed E-state index contributed by atoms with van der Waals surface area (Å²) in [6.07, 6.45) is -0.865. The fraction of sp³-hybridized carbons (Fsp3) is 0.263. The van der Waals surface area contributed by atoms with Crippen molar-refractivity contribution in [3.8, 4) is 5.75 Å². The van der Waals surface area contributed by atoms with E-state index in [1.165, 1.54) is 11.8 Å². The van der Waals surface area contributed by atoms with Crippen molar-refractivity contribution in [3.05, 3.63) is 54.6 Å². The fourth-order valence-corrected chi connectivity index (χ4v) is 2.69. The lowest BCUT2D eigenvalue weighted by atomic mass is 10.3. The van der Waals surface area contributed by atoms with Crippen LogP contribution >= 0.6 is 11.8 Å². The van der Waals surface area contributed by atoms with Crippen molar-refractivity contribution in [3.63, 3.8) is 0 Å². The molecule has 0 saturated carbocycles. The van der Waals surface area contributed by atoms with E-state index in [4.69, 9.17) is 9.47 Å². The van der Waals surface area contributed by atoms with Gasteiger partial charge in [0, 0.05) is 10.6 Å². The molecule has 0 radical (unpaired) electrons. The number of hydrogen-bond acceptors (Lipinski definition) is 5. The van der Waals surface area contributed by atoms with Crippen molar-refractivity contribution in [1.29, 1.82) is 0 Å². The van der Waals surface area contributed by atoms with Gasteiger partial charge < -0.3 is 14.8 Å². The SMILES string of the molecule is CCOc1ccc(NC(=O)[C@H](C)OC(=O)CSc2ccccc2)cc1. The van der Waals surface area contributed by atoms with E-state index in [9.17, 15) is 9.59 Å². The Morgan fingerprint density at radius 1 is 1.08 bits per heavy atom. The number of benzene rings is 2. The predicted molar refractivity (Wildman–Crippen MR) is 99.0 cm³/mol. The molecule has 6 heteroatoms. The van der Waals surface area contributed by atoms with Crippen LogP contribution in [0.15, 0.2) is 59.5 Å². The molecular formula is C19H21NO4S. The molecule has 0 unspecified atom stereocenters. The Morgan fingerprint density at radius 2 is 1.76 bits per heavy atom. The molecular weight excluding hydrogens is 338 g/mol. The fourth-order valence-electron chi connectivity index (χ4n) is 1.99. The van der Waals surface area contributed by atoms with Crippen LogP contribution in [0.5, 0.6) is 5.75 Å². The minimum atomic E-state index is -0.865. The highest BCUT2D eigenvalue weighted by molar-refractivity contribution is 8.00. The quantitative estimate of drug-likeness (QED) is 0.574. The van der Waals surface area contributed by atoms with Gasteiger partial charge in [0.2, 0.25) is 0 Å². The molecule has 5 nitrogen and oxygen atoms in total. The summed E-state index contributed by atoms with van der Waals surface area (Å²) in [6, 6.07) is 16.6. The van der Waals surface area contributed by atoms with Crippen LogP contribution in [0.1, 0.15) is 13.8 Å². The molecule has 0 spiro atoms. The van der Waals surface area contributed by atoms with Crippen molar-refractivity contribution < 1.29 is 19.1 Å². The molecule has 2 rings (SSSR count). The zero-order valence-corrected chi connectivity index (χ0v) is 15.0. The second kappa shape index (κ2) is 9.74. The van der Waals surface area contributed by atoms with Gasteiger partial charge in [-0.25, -0.2) is 0 Å². The second-order valence-corrected chi connectivity index (χ2v) is 6.23. The molecule has 0 bridgehead atoms. The van der Waals surface area contributed by atoms with Crippen LogP contribution in [0.2, 0.25) is 0 Å². The van der Waals surface area contributed by atoms with Crippen molar-refractivity contribution in [2.45, 2.75) is 24.8 Å². The number of carbonyl (C=O) groups excluding carboxylic acids is 2. The first kappa shape index (κ1) is 18.9. The Kier molecular flexibility index (Phi) is 7.35. The highest BCUT2D eigenvalue weighted by Crippen LogP contribution is 2.18. The van der Waals surface area contributed by atoms with Gasteiger partial charge in [-0.2, -0.15) is 0 Å². The van der Waals surface area contributed by atoms with Crippen LogP contribution in [0.4, 0.5) is 5.69 Å². The van der Waals surface area contributed by atoms with E-state index in [0.717, 1.165) is 10.6 Å². The molecule has 2 aromatic carbocycles. The molecule has 1 N–H and O–H groups in total. The molecule has 25 heavy (non-hydrogen) atoms. The largest absolute Gasteiger partial charge is 0.494 e. The van der Waals surface area contributed by atoms with Gasteiger partial charge in [0.25, 0.3) is 5.91 Å². The zero-order valence-electron chi connectivity index (χ0n) is 14.2. The van der Waals surface area contributed by atoms with Crippen LogP contribution in [0.25, 0.3) is 0 Å². The Hall–Kier alpha value is -2.47. The molecule has 0 aliphatic carbocycles. The number of nitrogens with one attached hydrogen (secondary N) is 1. The zero-order chi connectivity index (χ0) is 18.1. The molecule has 0 aromatic heterocycles. The third-order valence-corrected chi connectivity index (χ3v) is 4.20. The van der Waals surface area contributed by atoms with Gasteiger partial charge in [-0.05, 0) is 50.2 Å². The normalized spacial score (nSPS) is 11.4. The lowest BCUT2D eigenvalue weighted by Gasteiger charge is -2.13. The highest BCUT2D eigenvalue weighted by Gasteiger charge is 2.18. The molecule has 0 fully saturated rings. The summed E-state index contributed by atoms with van der Waals surface area (Å²) in [4.78, 5) is 24.9. The number of carbonyl (C=O) groups is 2. The molecule has 0 saturated heterocycles. The van der Waals surface area contributed by atoms with Crippen molar-refractivity contribution in [1.82, 2.24) is 0 Å². The minimum absolute atomic E-state index is 0.157. The monoisotopic (exact) mass is 359 g/mol. The van der Waals surface area contributed by atoms with Gasteiger partial charge in [-0.3, -0.25) is 9.59 Å². The van der Waals surface area contributed by atoms with Crippen LogP contribution < -0.4 is 10.1 Å². The van der Waals surface area contributed by atoms with Crippen LogP contribution in [0.3, 0.4) is 0 Å². The minimum Gasteiger partial charge on any atom is -0.494 e. The summed E-state index contributed by atoms with van der Waals surface area (Å²) in [5.74, 6) is 0.0911. The van der Waals surface area contributed by atoms with Gasteiger partial charge in [-0.15, -0.1) is 11.8 Å². The van der Waals surface area contributed by atoms with Crippen LogP contribution in [-0.2, 0) is 14.3 Å². The third kappa shape index (κ3) is 6.51. The summed E-state index contributed by atoms with van der Waals surface area (Å²) >= 11 is 1.37. The Bertz CT molecular complexity index is 688. The van der Waals surface area contributed by atoms with Crippen LogP contribution in [-0.4, -0.2) is 30.3 Å². The summed E-state index contributed by atoms with van der Waals surface area (Å²) < 4.78 is 10.5. The number of amides is 1. The van der Waals surface area contributed by atoms with E-state index in [1.807, 2.05) is 37.3 Å². The van der Waals surface area contributed by atoms with Crippen molar-refractivity contribution >= 4 is 29.3 Å². The summed E-state index contributed by atoms with van der Waals surface area (Å²) in [6.45, 7) is 4.04. The Labute approximate surface area is 151 Å². The lowest BCUT2D eigenvalue weighted by Crippen LogP contribution is -2.30. The molecule has 0 heterocycles. The van der Waals surface area contributed by atoms with Gasteiger partial charge in [-0.1, -0.05) is 18.2 Å². The van der Waals surface area contributed by atoms with Gasteiger partial charge in [0.15, 0.2) is 6.10 Å². The molecule has 2 aromatic rings. The average Bonchev–Trinajstić information content (AvgIpc) is 2.62.